The van der Waals surface area contributed by atoms with Crippen molar-refractivity contribution in [1.29, 1.82) is 0 Å². The van der Waals surface area contributed by atoms with E-state index in [-0.39, 0.29) is 18.2 Å². The molecule has 1 saturated heterocycles. The highest BCUT2D eigenvalue weighted by molar-refractivity contribution is 7.99. The highest BCUT2D eigenvalue weighted by atomic mass is 32.2. The topological polar surface area (TPSA) is 116 Å². The second-order valence-corrected chi connectivity index (χ2v) is 10.5. The van der Waals surface area contributed by atoms with E-state index in [1.54, 1.807) is 6.92 Å². The number of carbonyl (C=O) groups is 4. The van der Waals surface area contributed by atoms with Crippen LogP contribution in [0, 0.1) is 5.92 Å². The summed E-state index contributed by atoms with van der Waals surface area (Å²) in [7, 11) is 0. The van der Waals surface area contributed by atoms with E-state index in [9.17, 15) is 24.3 Å². The van der Waals surface area contributed by atoms with Crippen LogP contribution in [0.2, 0.25) is 0 Å². The van der Waals surface area contributed by atoms with Gasteiger partial charge in [0.2, 0.25) is 11.7 Å². The summed E-state index contributed by atoms with van der Waals surface area (Å²) in [5.41, 5.74) is 0.334. The van der Waals surface area contributed by atoms with Crippen molar-refractivity contribution in [1.82, 2.24) is 15.5 Å². The van der Waals surface area contributed by atoms with Crippen LogP contribution in [0.25, 0.3) is 0 Å². The SMILES string of the molecule is CCC(C)C(=O)C(=O)N[C@@H](Cc1ccccc1)[C@H](O)C(=O)N1CSCC1C(=O)NC(C)(C)C. The molecule has 0 aliphatic carbocycles. The molecule has 33 heavy (non-hydrogen) atoms. The maximum atomic E-state index is 13.2. The Morgan fingerprint density at radius 3 is 2.39 bits per heavy atom. The van der Waals surface area contributed by atoms with E-state index in [2.05, 4.69) is 10.6 Å². The summed E-state index contributed by atoms with van der Waals surface area (Å²) >= 11 is 1.42. The van der Waals surface area contributed by atoms with Gasteiger partial charge in [0.05, 0.1) is 11.9 Å². The number of ketones is 1. The van der Waals surface area contributed by atoms with Gasteiger partial charge in [-0.2, -0.15) is 0 Å². The predicted molar refractivity (Wildman–Crippen MR) is 128 cm³/mol. The third-order valence-electron chi connectivity index (χ3n) is 5.50. The van der Waals surface area contributed by atoms with Gasteiger partial charge < -0.3 is 20.6 Å². The molecule has 1 aliphatic rings. The number of hydrogen-bond donors (Lipinski definition) is 3. The Kier molecular flexibility index (Phi) is 9.48. The van der Waals surface area contributed by atoms with Gasteiger partial charge in [0.1, 0.15) is 6.04 Å². The first-order valence-corrected chi connectivity index (χ1v) is 12.4. The Morgan fingerprint density at radius 1 is 1.18 bits per heavy atom. The largest absolute Gasteiger partial charge is 0.381 e. The molecule has 1 heterocycles. The van der Waals surface area contributed by atoms with E-state index >= 15 is 0 Å². The molecule has 4 atom stereocenters. The molecular weight excluding hydrogens is 442 g/mol. The Balaban J connectivity index is 2.22. The third-order valence-corrected chi connectivity index (χ3v) is 6.51. The average Bonchev–Trinajstić information content (AvgIpc) is 3.26. The smallest absolute Gasteiger partial charge is 0.287 e. The van der Waals surface area contributed by atoms with Gasteiger partial charge in [0, 0.05) is 17.2 Å². The van der Waals surface area contributed by atoms with E-state index in [1.165, 1.54) is 16.7 Å². The summed E-state index contributed by atoms with van der Waals surface area (Å²) in [6.45, 7) is 9.04. The van der Waals surface area contributed by atoms with Crippen molar-refractivity contribution in [2.24, 2.45) is 5.92 Å². The molecule has 0 saturated carbocycles. The molecular formula is C24H35N3O5S. The fraction of sp³-hybridized carbons (Fsp3) is 0.583. The first-order valence-electron chi connectivity index (χ1n) is 11.2. The van der Waals surface area contributed by atoms with Crippen LogP contribution in [0.3, 0.4) is 0 Å². The van der Waals surface area contributed by atoms with Crippen molar-refractivity contribution < 1.29 is 24.3 Å². The van der Waals surface area contributed by atoms with E-state index in [1.807, 2.05) is 58.0 Å². The van der Waals surface area contributed by atoms with Gasteiger partial charge in [-0.3, -0.25) is 19.2 Å². The number of hydrogen-bond acceptors (Lipinski definition) is 6. The van der Waals surface area contributed by atoms with Crippen LogP contribution in [0.1, 0.15) is 46.6 Å². The predicted octanol–water partition coefficient (Wildman–Crippen LogP) is 1.51. The van der Waals surface area contributed by atoms with Gasteiger partial charge >= 0.3 is 0 Å². The number of amides is 3. The number of carbonyl (C=O) groups excluding carboxylic acids is 4. The van der Waals surface area contributed by atoms with E-state index in [4.69, 9.17) is 0 Å². The Bertz CT molecular complexity index is 855. The summed E-state index contributed by atoms with van der Waals surface area (Å²) in [5, 5.41) is 16.5. The van der Waals surface area contributed by atoms with Gasteiger partial charge in [0.15, 0.2) is 6.10 Å². The van der Waals surface area contributed by atoms with Crippen molar-refractivity contribution in [2.75, 3.05) is 11.6 Å². The van der Waals surface area contributed by atoms with Crippen LogP contribution in [-0.2, 0) is 25.6 Å². The summed E-state index contributed by atoms with van der Waals surface area (Å²) in [5.74, 6) is -2.13. The lowest BCUT2D eigenvalue weighted by atomic mass is 9.98. The quantitative estimate of drug-likeness (QED) is 0.465. The van der Waals surface area contributed by atoms with Crippen LogP contribution >= 0.6 is 11.8 Å². The molecule has 0 aromatic heterocycles. The number of nitrogens with one attached hydrogen (secondary N) is 2. The summed E-state index contributed by atoms with van der Waals surface area (Å²) in [4.78, 5) is 52.2. The molecule has 1 aromatic rings. The molecule has 1 aliphatic heterocycles. The van der Waals surface area contributed by atoms with E-state index in [0.717, 1.165) is 5.56 Å². The molecule has 3 amide bonds. The van der Waals surface area contributed by atoms with Gasteiger partial charge in [0.25, 0.3) is 11.8 Å². The molecule has 182 valence electrons. The number of aliphatic hydroxyl groups excluding tert-OH is 1. The molecule has 1 aromatic carbocycles. The van der Waals surface area contributed by atoms with E-state index < -0.39 is 47.2 Å². The van der Waals surface area contributed by atoms with Gasteiger partial charge in [-0.1, -0.05) is 44.2 Å². The Labute approximate surface area is 199 Å². The third kappa shape index (κ3) is 7.57. The molecule has 0 bridgehead atoms. The van der Waals surface area contributed by atoms with Gasteiger partial charge in [-0.05, 0) is 39.2 Å². The van der Waals surface area contributed by atoms with Crippen LogP contribution in [-0.4, -0.2) is 68.9 Å². The van der Waals surface area contributed by atoms with Crippen LogP contribution in [0.5, 0.6) is 0 Å². The van der Waals surface area contributed by atoms with Crippen LogP contribution in [0.15, 0.2) is 30.3 Å². The normalized spacial score (nSPS) is 18.8. The van der Waals surface area contributed by atoms with Crippen molar-refractivity contribution >= 4 is 35.3 Å². The fourth-order valence-electron chi connectivity index (χ4n) is 3.43. The summed E-state index contributed by atoms with van der Waals surface area (Å²) < 4.78 is 0. The molecule has 0 spiro atoms. The number of Topliss-reactive ketones (excluding diaryl/α,β-unsaturated/α-hetero) is 1. The highest BCUT2D eigenvalue weighted by Crippen LogP contribution is 2.23. The molecule has 2 unspecified atom stereocenters. The monoisotopic (exact) mass is 477 g/mol. The van der Waals surface area contributed by atoms with E-state index in [0.29, 0.717) is 12.2 Å². The van der Waals surface area contributed by atoms with Crippen LogP contribution in [0.4, 0.5) is 0 Å². The van der Waals surface area contributed by atoms with Crippen molar-refractivity contribution in [3.8, 4) is 0 Å². The van der Waals surface area contributed by atoms with Crippen molar-refractivity contribution in [3.63, 3.8) is 0 Å². The second kappa shape index (κ2) is 11.7. The fourth-order valence-corrected chi connectivity index (χ4v) is 4.59. The minimum absolute atomic E-state index is 0.160. The Hall–Kier alpha value is -2.39. The first kappa shape index (κ1) is 26.9. The number of aliphatic hydroxyl groups is 1. The second-order valence-electron chi connectivity index (χ2n) is 9.45. The molecule has 1 fully saturated rings. The average molecular weight is 478 g/mol. The maximum absolute atomic E-state index is 13.2. The molecule has 8 nitrogen and oxygen atoms in total. The molecule has 0 radical (unpaired) electrons. The number of thioether (sulfide) groups is 1. The zero-order chi connectivity index (χ0) is 24.8. The lowest BCUT2D eigenvalue weighted by molar-refractivity contribution is -0.148. The lowest BCUT2D eigenvalue weighted by Crippen LogP contribution is -2.58. The summed E-state index contributed by atoms with van der Waals surface area (Å²) in [6, 6.07) is 7.37. The first-order chi connectivity index (χ1) is 15.4. The standard InChI is InChI=1S/C24H35N3O5S/c1-6-15(2)19(28)22(31)25-17(12-16-10-8-7-9-11-16)20(29)23(32)27-14-33-13-18(27)21(30)26-24(3,4)5/h7-11,15,17-18,20,29H,6,12-14H2,1-5H3,(H,25,31)(H,26,30)/t15?,17-,18?,20-/m0/s1. The highest BCUT2D eigenvalue weighted by Gasteiger charge is 2.41. The minimum atomic E-state index is -1.61. The minimum Gasteiger partial charge on any atom is -0.381 e. The van der Waals surface area contributed by atoms with Crippen LogP contribution < -0.4 is 10.6 Å². The number of benzene rings is 1. The maximum Gasteiger partial charge on any atom is 0.287 e. The molecule has 9 heteroatoms. The zero-order valence-corrected chi connectivity index (χ0v) is 20.8. The summed E-state index contributed by atoms with van der Waals surface area (Å²) in [6.07, 6.45) is -0.942. The number of nitrogens with zero attached hydrogens (tertiary/aromatic N) is 1. The van der Waals surface area contributed by atoms with Crippen molar-refractivity contribution in [2.45, 2.75) is 71.2 Å². The van der Waals surface area contributed by atoms with Gasteiger partial charge in [-0.25, -0.2) is 0 Å². The Morgan fingerprint density at radius 2 is 1.82 bits per heavy atom. The zero-order valence-electron chi connectivity index (χ0n) is 20.0. The lowest BCUT2D eigenvalue weighted by Gasteiger charge is -2.31. The van der Waals surface area contributed by atoms with Gasteiger partial charge in [-0.15, -0.1) is 11.8 Å². The molecule has 3 N–H and O–H groups in total. The van der Waals surface area contributed by atoms with Crippen molar-refractivity contribution in [3.05, 3.63) is 35.9 Å². The number of rotatable bonds is 9. The molecule has 2 rings (SSSR count).